The molecule has 1 aromatic heterocycles. The Bertz CT molecular complexity index is 1240. The number of aromatic nitrogens is 1. The molecule has 0 amide bonds. The van der Waals surface area contributed by atoms with Crippen molar-refractivity contribution in [3.8, 4) is 0 Å². The summed E-state index contributed by atoms with van der Waals surface area (Å²) in [7, 11) is -2.27. The molecule has 0 unspecified atom stereocenters. The average Bonchev–Trinajstić information content (AvgIpc) is 3.63. The zero-order valence-corrected chi connectivity index (χ0v) is 47.7. The summed E-state index contributed by atoms with van der Waals surface area (Å²) >= 11 is -2.40. The van der Waals surface area contributed by atoms with Crippen LogP contribution in [0.25, 0.3) is 0 Å². The number of rotatable bonds is 32. The molecular weight excluding hydrogens is 877 g/mol. The minimum atomic E-state index is -2.40. The summed E-state index contributed by atoms with van der Waals surface area (Å²) in [5, 5.41) is 0.157. The van der Waals surface area contributed by atoms with Gasteiger partial charge in [-0.15, -0.1) is 0 Å². The van der Waals surface area contributed by atoms with E-state index in [0.29, 0.717) is 13.0 Å². The van der Waals surface area contributed by atoms with Gasteiger partial charge in [0, 0.05) is 19.6 Å². The van der Waals surface area contributed by atoms with Gasteiger partial charge in [0.1, 0.15) is 0 Å². The Hall–Kier alpha value is 0.199. The quantitative estimate of drug-likeness (QED) is 0.0666. The van der Waals surface area contributed by atoms with E-state index >= 15 is 0 Å². The van der Waals surface area contributed by atoms with Gasteiger partial charge in [-0.2, -0.15) is 0 Å². The molecule has 0 spiro atoms. The van der Waals surface area contributed by atoms with Crippen molar-refractivity contribution < 1.29 is 27.2 Å². The molecule has 0 aliphatic carbocycles. The van der Waals surface area contributed by atoms with Crippen LogP contribution in [-0.2, 0) is 29.2 Å². The van der Waals surface area contributed by atoms with Crippen molar-refractivity contribution in [3.05, 3.63) is 28.0 Å². The number of hydrogen-bond donors (Lipinski definition) is 0. The van der Waals surface area contributed by atoms with Crippen LogP contribution >= 0.6 is 0 Å². The second-order valence-electron chi connectivity index (χ2n) is 20.9. The van der Waals surface area contributed by atoms with Crippen LogP contribution in [0.2, 0.25) is 69.2 Å². The second-order valence-corrected chi connectivity index (χ2v) is 47.9. The standard InChI is InChI=1S/C35H70NO6Si3.3C4H9.Sn/c1-18-22-29(37-11)28-26-39-33(36-28)24-32(42-45(19-2,20-3)21-4)35(9,10)31(41-43(13,14)15)23-30(38-12)27(5)25-40-44(16,17)34(6,7)8;3*1-3-4-2;/h1,18,26-27,29-32H,19-25H2,2-17H3;3*1,3-4H2,2H3;/t27-,29-,30-,31-,32-;;;;/m0..../s1. The van der Waals surface area contributed by atoms with Crippen molar-refractivity contribution in [1.82, 2.24) is 4.98 Å². The van der Waals surface area contributed by atoms with Gasteiger partial charge < -0.3 is 9.16 Å². The average molecular weight is 975 g/mol. The molecule has 5 atom stereocenters. The molecule has 1 heterocycles. The Morgan fingerprint density at radius 1 is 0.776 bits per heavy atom. The Labute approximate surface area is 368 Å². The van der Waals surface area contributed by atoms with Crippen LogP contribution in [-0.4, -0.2) is 87.5 Å². The van der Waals surface area contributed by atoms with Crippen LogP contribution in [0.5, 0.6) is 0 Å². The summed E-state index contributed by atoms with van der Waals surface area (Å²) in [6.45, 7) is 40.1. The fourth-order valence-electron chi connectivity index (χ4n) is 8.05. The summed E-state index contributed by atoms with van der Waals surface area (Å²) in [5.41, 5.74) is 0.517. The summed E-state index contributed by atoms with van der Waals surface area (Å²) in [4.78, 5) is 5.17. The van der Waals surface area contributed by atoms with Crippen LogP contribution in [0.3, 0.4) is 0 Å². The van der Waals surface area contributed by atoms with Gasteiger partial charge in [-0.05, 0) is 37.8 Å². The number of methoxy groups -OCH3 is 2. The van der Waals surface area contributed by atoms with Crippen molar-refractivity contribution in [1.29, 1.82) is 0 Å². The van der Waals surface area contributed by atoms with E-state index in [1.807, 2.05) is 20.5 Å². The normalized spacial score (nSPS) is 16.5. The molecule has 0 N–H and O–H groups in total. The SMILES string of the molecule is CCC[CH2][Sn](/[CH]=C/C[C@H](OC)c1coc(C[C@H](O[Si](CC)(CC)CC)C(C)(C)[C@H](C[C@H](OC)[C@@H](C)CO[Si](C)(C)C(C)(C)C)O[Si](C)(C)C)n1)([CH2]CCC)[CH2]CCC. The van der Waals surface area contributed by atoms with E-state index in [0.717, 1.165) is 42.6 Å². The van der Waals surface area contributed by atoms with Crippen molar-refractivity contribution in [2.24, 2.45) is 11.3 Å². The summed E-state index contributed by atoms with van der Waals surface area (Å²) < 4.78 is 47.5. The van der Waals surface area contributed by atoms with E-state index in [4.69, 9.17) is 32.2 Å². The molecular formula is C47H97NO6Si3Sn. The first-order chi connectivity index (χ1) is 27.0. The Morgan fingerprint density at radius 2 is 1.31 bits per heavy atom. The van der Waals surface area contributed by atoms with Crippen LogP contribution in [0.1, 0.15) is 152 Å². The zero-order valence-electron chi connectivity index (χ0n) is 41.8. The van der Waals surface area contributed by atoms with Gasteiger partial charge in [-0.25, -0.2) is 0 Å². The predicted molar refractivity (Wildman–Crippen MR) is 260 cm³/mol. The molecule has 0 saturated heterocycles. The van der Waals surface area contributed by atoms with Gasteiger partial charge in [0.2, 0.25) is 0 Å². The third-order valence-electron chi connectivity index (χ3n) is 13.8. The molecule has 0 fully saturated rings. The fourth-order valence-corrected chi connectivity index (χ4v) is 27.8. The first-order valence-electron chi connectivity index (χ1n) is 23.7. The number of ether oxygens (including phenoxy) is 2. The van der Waals surface area contributed by atoms with Crippen molar-refractivity contribution >= 4 is 43.3 Å². The first kappa shape index (κ1) is 56.2. The Balaban J connectivity index is 3.58. The van der Waals surface area contributed by atoms with E-state index < -0.39 is 43.3 Å². The van der Waals surface area contributed by atoms with Crippen molar-refractivity contribution in [3.63, 3.8) is 0 Å². The maximum absolute atomic E-state index is 7.53. The molecule has 1 aromatic rings. The zero-order chi connectivity index (χ0) is 44.4. The van der Waals surface area contributed by atoms with Crippen molar-refractivity contribution in [2.75, 3.05) is 20.8 Å². The molecule has 7 nitrogen and oxygen atoms in total. The fraction of sp³-hybridized carbons (Fsp3) is 0.894. The van der Waals surface area contributed by atoms with Crippen molar-refractivity contribution in [2.45, 2.75) is 235 Å². The topological polar surface area (TPSA) is 72.2 Å². The van der Waals surface area contributed by atoms with E-state index in [2.05, 4.69) is 126 Å². The van der Waals surface area contributed by atoms with Gasteiger partial charge in [-0.3, -0.25) is 0 Å². The van der Waals surface area contributed by atoms with E-state index in [1.165, 1.54) is 51.8 Å². The summed E-state index contributed by atoms with van der Waals surface area (Å²) in [5.74, 6) is 0.935. The van der Waals surface area contributed by atoms with Crippen LogP contribution in [0.15, 0.2) is 20.8 Å². The molecule has 11 heteroatoms. The van der Waals surface area contributed by atoms with Gasteiger partial charge in [0.25, 0.3) is 0 Å². The first-order valence-corrected chi connectivity index (χ1v) is 40.2. The number of oxazole rings is 1. The third kappa shape index (κ3) is 18.1. The van der Waals surface area contributed by atoms with Gasteiger partial charge >= 0.3 is 232 Å². The Morgan fingerprint density at radius 3 is 1.74 bits per heavy atom. The van der Waals surface area contributed by atoms with Gasteiger partial charge in [0.15, 0.2) is 16.6 Å². The minimum absolute atomic E-state index is 0.0188. The molecule has 0 aromatic carbocycles. The van der Waals surface area contributed by atoms with E-state index in [-0.39, 0.29) is 40.8 Å². The monoisotopic (exact) mass is 976 g/mol. The van der Waals surface area contributed by atoms with E-state index in [9.17, 15) is 0 Å². The summed E-state index contributed by atoms with van der Waals surface area (Å²) in [6.07, 6.45) is 14.1. The molecule has 0 aliphatic heterocycles. The molecule has 1 rings (SSSR count). The molecule has 58 heavy (non-hydrogen) atoms. The predicted octanol–water partition coefficient (Wildman–Crippen LogP) is 14.9. The van der Waals surface area contributed by atoms with E-state index in [1.54, 1.807) is 0 Å². The maximum atomic E-state index is 7.53. The molecule has 0 aliphatic rings. The molecule has 342 valence electrons. The number of unbranched alkanes of at least 4 members (excludes halogenated alkanes) is 3. The molecule has 0 radical (unpaired) electrons. The van der Waals surface area contributed by atoms with Gasteiger partial charge in [-0.1, -0.05) is 48.5 Å². The molecule has 0 saturated carbocycles. The number of hydrogen-bond acceptors (Lipinski definition) is 7. The molecule has 0 bridgehead atoms. The second kappa shape index (κ2) is 26.1. The summed E-state index contributed by atoms with van der Waals surface area (Å²) in [6, 6.07) is 3.22. The van der Waals surface area contributed by atoms with Crippen LogP contribution < -0.4 is 0 Å². The Kier molecular flexibility index (Phi) is 25.3. The van der Waals surface area contributed by atoms with Crippen LogP contribution in [0, 0.1) is 11.3 Å². The number of nitrogens with zero attached hydrogens (tertiary/aromatic N) is 1. The van der Waals surface area contributed by atoms with Gasteiger partial charge in [0.05, 0.1) is 6.10 Å². The van der Waals surface area contributed by atoms with Crippen LogP contribution in [0.4, 0.5) is 0 Å². The third-order valence-corrected chi connectivity index (χ3v) is 38.2.